The van der Waals surface area contributed by atoms with E-state index in [-0.39, 0.29) is 17.9 Å². The maximum absolute atomic E-state index is 12.1. The van der Waals surface area contributed by atoms with Crippen LogP contribution in [0.15, 0.2) is 52.7 Å². The molecule has 0 saturated heterocycles. The fourth-order valence-corrected chi connectivity index (χ4v) is 1.85. The number of carboxylic acids is 1. The van der Waals surface area contributed by atoms with Crippen molar-refractivity contribution in [2.75, 3.05) is 6.61 Å². The lowest BCUT2D eigenvalue weighted by molar-refractivity contribution is -0.139. The predicted molar refractivity (Wildman–Crippen MR) is 83.7 cm³/mol. The van der Waals surface area contributed by atoms with Crippen LogP contribution in [0.4, 0.5) is 0 Å². The molecule has 7 nitrogen and oxygen atoms in total. The number of carbonyl (C=O) groups excluding carboxylic acids is 1. The van der Waals surface area contributed by atoms with E-state index in [4.69, 9.17) is 14.3 Å². The molecule has 1 aromatic heterocycles. The van der Waals surface area contributed by atoms with Crippen molar-refractivity contribution in [3.8, 4) is 11.8 Å². The number of rotatable bonds is 7. The Bertz CT molecular complexity index is 788. The Morgan fingerprint density at radius 2 is 2.08 bits per heavy atom. The number of nitrogens with one attached hydrogen (secondary N) is 1. The minimum absolute atomic E-state index is 0.132. The summed E-state index contributed by atoms with van der Waals surface area (Å²) in [5, 5.41) is 20.4. The summed E-state index contributed by atoms with van der Waals surface area (Å²) in [7, 11) is 0. The minimum atomic E-state index is -1.12. The zero-order valence-electron chi connectivity index (χ0n) is 12.6. The van der Waals surface area contributed by atoms with Crippen LogP contribution in [0, 0.1) is 11.3 Å². The molecule has 0 spiro atoms. The number of nitriles is 1. The molecule has 2 rings (SSSR count). The quantitative estimate of drug-likeness (QED) is 0.594. The largest absolute Gasteiger partial charge is 0.481 e. The van der Waals surface area contributed by atoms with E-state index in [9.17, 15) is 14.9 Å². The third-order valence-corrected chi connectivity index (χ3v) is 2.94. The van der Waals surface area contributed by atoms with Crippen LogP contribution in [0.1, 0.15) is 11.3 Å². The molecule has 122 valence electrons. The second-order valence-corrected chi connectivity index (χ2v) is 4.65. The molecule has 0 aliphatic carbocycles. The molecule has 0 unspecified atom stereocenters. The molecule has 2 N–H and O–H groups in total. The fraction of sp³-hybridized carbons (Fsp3) is 0.118. The van der Waals surface area contributed by atoms with Crippen LogP contribution >= 0.6 is 0 Å². The fourth-order valence-electron chi connectivity index (χ4n) is 1.85. The highest BCUT2D eigenvalue weighted by atomic mass is 16.5. The SMILES string of the molecule is N#C/C(=C\c1ccccc1OCC(=O)O)C(=O)NCc1ccco1. The first-order chi connectivity index (χ1) is 11.6. The summed E-state index contributed by atoms with van der Waals surface area (Å²) in [6.07, 6.45) is 2.83. The van der Waals surface area contributed by atoms with Crippen LogP contribution in [-0.4, -0.2) is 23.6 Å². The number of carboxylic acid groups (broad SMARTS) is 1. The molecule has 1 amide bonds. The van der Waals surface area contributed by atoms with E-state index in [2.05, 4.69) is 5.32 Å². The van der Waals surface area contributed by atoms with Gasteiger partial charge >= 0.3 is 5.97 Å². The van der Waals surface area contributed by atoms with Gasteiger partial charge < -0.3 is 19.6 Å². The van der Waals surface area contributed by atoms with E-state index in [1.54, 1.807) is 36.4 Å². The third kappa shape index (κ3) is 4.74. The van der Waals surface area contributed by atoms with Crippen molar-refractivity contribution < 1.29 is 23.8 Å². The van der Waals surface area contributed by atoms with E-state index in [1.165, 1.54) is 12.3 Å². The summed E-state index contributed by atoms with van der Waals surface area (Å²) in [5.74, 6) is -0.857. The maximum atomic E-state index is 12.1. The minimum Gasteiger partial charge on any atom is -0.481 e. The molecular formula is C17H14N2O5. The zero-order valence-corrected chi connectivity index (χ0v) is 12.6. The van der Waals surface area contributed by atoms with Crippen molar-refractivity contribution in [1.82, 2.24) is 5.32 Å². The lowest BCUT2D eigenvalue weighted by atomic mass is 10.1. The average Bonchev–Trinajstić information content (AvgIpc) is 3.10. The Kier molecular flexibility index (Phi) is 5.75. The summed E-state index contributed by atoms with van der Waals surface area (Å²) in [6, 6.07) is 11.7. The van der Waals surface area contributed by atoms with Gasteiger partial charge in [0.15, 0.2) is 6.61 Å². The van der Waals surface area contributed by atoms with Gasteiger partial charge in [-0.1, -0.05) is 18.2 Å². The summed E-state index contributed by atoms with van der Waals surface area (Å²) < 4.78 is 10.2. The van der Waals surface area contributed by atoms with Gasteiger partial charge in [0.05, 0.1) is 12.8 Å². The summed E-state index contributed by atoms with van der Waals surface area (Å²) in [5.41, 5.74) is 0.302. The molecule has 1 heterocycles. The summed E-state index contributed by atoms with van der Waals surface area (Å²) in [6.45, 7) is -0.362. The van der Waals surface area contributed by atoms with Gasteiger partial charge in [-0.3, -0.25) is 4.79 Å². The Balaban J connectivity index is 2.13. The van der Waals surface area contributed by atoms with Crippen molar-refractivity contribution in [3.05, 3.63) is 59.6 Å². The average molecular weight is 326 g/mol. The standard InChI is InChI=1S/C17H14N2O5/c18-9-13(17(22)19-10-14-5-3-7-23-14)8-12-4-1-2-6-15(12)24-11-16(20)21/h1-8H,10-11H2,(H,19,22)(H,20,21)/b13-8+. The van der Waals surface area contributed by atoms with Crippen LogP contribution in [0.3, 0.4) is 0 Å². The number of amides is 1. The summed E-state index contributed by atoms with van der Waals surface area (Å²) >= 11 is 0. The van der Waals surface area contributed by atoms with Crippen molar-refractivity contribution in [2.24, 2.45) is 0 Å². The Hall–Kier alpha value is -3.53. The maximum Gasteiger partial charge on any atom is 0.341 e. The zero-order chi connectivity index (χ0) is 17.4. The van der Waals surface area contributed by atoms with Gasteiger partial charge in [0.25, 0.3) is 5.91 Å². The second kappa shape index (κ2) is 8.19. The monoisotopic (exact) mass is 326 g/mol. The molecule has 1 aromatic carbocycles. The number of nitrogens with zero attached hydrogens (tertiary/aromatic N) is 1. The first kappa shape index (κ1) is 16.8. The van der Waals surface area contributed by atoms with Gasteiger partial charge in [0.1, 0.15) is 23.2 Å². The van der Waals surface area contributed by atoms with Crippen LogP contribution < -0.4 is 10.1 Å². The molecule has 0 atom stereocenters. The van der Waals surface area contributed by atoms with Crippen molar-refractivity contribution in [2.45, 2.75) is 6.54 Å². The lowest BCUT2D eigenvalue weighted by Gasteiger charge is -2.07. The molecule has 0 aliphatic rings. The van der Waals surface area contributed by atoms with Crippen LogP contribution in [0.2, 0.25) is 0 Å². The molecule has 0 bridgehead atoms. The predicted octanol–water partition coefficient (Wildman–Crippen LogP) is 1.97. The first-order valence-corrected chi connectivity index (χ1v) is 6.96. The molecule has 7 heteroatoms. The van der Waals surface area contributed by atoms with Crippen molar-refractivity contribution in [1.29, 1.82) is 5.26 Å². The number of hydrogen-bond acceptors (Lipinski definition) is 5. The van der Waals surface area contributed by atoms with E-state index >= 15 is 0 Å². The molecule has 0 aliphatic heterocycles. The molecule has 2 aromatic rings. The number of aliphatic carboxylic acids is 1. The Labute approximate surface area is 137 Å². The number of furan rings is 1. The molecule has 0 radical (unpaired) electrons. The van der Waals surface area contributed by atoms with Gasteiger partial charge in [-0.25, -0.2) is 4.79 Å². The van der Waals surface area contributed by atoms with E-state index < -0.39 is 18.5 Å². The molecule has 0 fully saturated rings. The number of carbonyl (C=O) groups is 2. The topological polar surface area (TPSA) is 113 Å². The Morgan fingerprint density at radius 1 is 1.29 bits per heavy atom. The number of para-hydroxylation sites is 1. The number of hydrogen-bond donors (Lipinski definition) is 2. The van der Waals surface area contributed by atoms with E-state index in [0.29, 0.717) is 11.3 Å². The van der Waals surface area contributed by atoms with Gasteiger partial charge in [0, 0.05) is 5.56 Å². The highest BCUT2D eigenvalue weighted by Gasteiger charge is 2.11. The van der Waals surface area contributed by atoms with Crippen LogP contribution in [0.25, 0.3) is 6.08 Å². The van der Waals surface area contributed by atoms with E-state index in [1.807, 2.05) is 6.07 Å². The lowest BCUT2D eigenvalue weighted by Crippen LogP contribution is -2.23. The van der Waals surface area contributed by atoms with Crippen LogP contribution in [-0.2, 0) is 16.1 Å². The second-order valence-electron chi connectivity index (χ2n) is 4.65. The van der Waals surface area contributed by atoms with E-state index in [0.717, 1.165) is 0 Å². The van der Waals surface area contributed by atoms with Crippen molar-refractivity contribution in [3.63, 3.8) is 0 Å². The van der Waals surface area contributed by atoms with Crippen LogP contribution in [0.5, 0.6) is 5.75 Å². The van der Waals surface area contributed by atoms with Gasteiger partial charge in [-0.15, -0.1) is 0 Å². The normalized spacial score (nSPS) is 10.7. The molecule has 24 heavy (non-hydrogen) atoms. The highest BCUT2D eigenvalue weighted by molar-refractivity contribution is 6.01. The smallest absolute Gasteiger partial charge is 0.341 e. The number of ether oxygens (including phenoxy) is 1. The Morgan fingerprint density at radius 3 is 2.75 bits per heavy atom. The number of benzene rings is 1. The van der Waals surface area contributed by atoms with Crippen molar-refractivity contribution >= 4 is 18.0 Å². The van der Waals surface area contributed by atoms with Gasteiger partial charge in [-0.05, 0) is 24.3 Å². The molecule has 0 saturated carbocycles. The third-order valence-electron chi connectivity index (χ3n) is 2.94. The summed E-state index contributed by atoms with van der Waals surface area (Å²) in [4.78, 5) is 22.7. The first-order valence-electron chi connectivity index (χ1n) is 6.96. The van der Waals surface area contributed by atoms with Gasteiger partial charge in [-0.2, -0.15) is 5.26 Å². The van der Waals surface area contributed by atoms with Gasteiger partial charge in [0.2, 0.25) is 0 Å². The molecular weight excluding hydrogens is 312 g/mol. The highest BCUT2D eigenvalue weighted by Crippen LogP contribution is 2.21.